The summed E-state index contributed by atoms with van der Waals surface area (Å²) in [6.07, 6.45) is 0. The van der Waals surface area contributed by atoms with Crippen LogP contribution < -0.4 is 4.74 Å². The Hall–Kier alpha value is -2.01. The van der Waals surface area contributed by atoms with Crippen molar-refractivity contribution in [3.63, 3.8) is 0 Å². The summed E-state index contributed by atoms with van der Waals surface area (Å²) in [7, 11) is 3.05. The van der Waals surface area contributed by atoms with Crippen LogP contribution in [-0.2, 0) is 7.05 Å². The van der Waals surface area contributed by atoms with Crippen molar-refractivity contribution >= 4 is 0 Å². The summed E-state index contributed by atoms with van der Waals surface area (Å²) >= 11 is 0. The lowest BCUT2D eigenvalue weighted by atomic mass is 10.4. The Labute approximate surface area is 69.4 Å². The molecule has 5 nitrogen and oxygen atoms in total. The standard InChI is InChI=1S/C7H6N4O/c1-11-6(4-9)5(3-8)10-7(11)12-2/h1-2H3. The molecular formula is C7H6N4O. The van der Waals surface area contributed by atoms with Gasteiger partial charge in [-0.15, -0.1) is 0 Å². The Morgan fingerprint density at radius 3 is 2.42 bits per heavy atom. The van der Waals surface area contributed by atoms with Crippen molar-refractivity contribution < 1.29 is 4.74 Å². The highest BCUT2D eigenvalue weighted by Crippen LogP contribution is 2.13. The van der Waals surface area contributed by atoms with Crippen LogP contribution in [0.25, 0.3) is 0 Å². The first-order chi connectivity index (χ1) is 5.74. The van der Waals surface area contributed by atoms with Gasteiger partial charge in [-0.1, -0.05) is 0 Å². The molecule has 0 N–H and O–H groups in total. The van der Waals surface area contributed by atoms with E-state index in [1.165, 1.54) is 11.7 Å². The summed E-state index contributed by atoms with van der Waals surface area (Å²) < 4.78 is 6.25. The molecule has 0 fully saturated rings. The van der Waals surface area contributed by atoms with Crippen molar-refractivity contribution in [3.8, 4) is 18.1 Å². The normalized spacial score (nSPS) is 8.67. The number of nitriles is 2. The average Bonchev–Trinajstić information content (AvgIpc) is 2.41. The molecule has 60 valence electrons. The van der Waals surface area contributed by atoms with Crippen LogP contribution in [0.2, 0.25) is 0 Å². The Kier molecular flexibility index (Phi) is 1.98. The van der Waals surface area contributed by atoms with E-state index in [0.717, 1.165) is 0 Å². The maximum atomic E-state index is 8.62. The van der Waals surface area contributed by atoms with Crippen molar-refractivity contribution in [1.29, 1.82) is 10.5 Å². The first kappa shape index (κ1) is 8.09. The van der Waals surface area contributed by atoms with Gasteiger partial charge in [0.2, 0.25) is 0 Å². The molecule has 0 aliphatic rings. The van der Waals surface area contributed by atoms with Crippen molar-refractivity contribution in [2.24, 2.45) is 7.05 Å². The van der Waals surface area contributed by atoms with E-state index in [-0.39, 0.29) is 17.4 Å². The van der Waals surface area contributed by atoms with Crippen molar-refractivity contribution in [2.45, 2.75) is 0 Å². The molecule has 1 aromatic heterocycles. The van der Waals surface area contributed by atoms with E-state index < -0.39 is 0 Å². The molecule has 0 amide bonds. The SMILES string of the molecule is COc1nc(C#N)c(C#N)n1C. The molecule has 0 spiro atoms. The van der Waals surface area contributed by atoms with Gasteiger partial charge in [0.15, 0.2) is 11.4 Å². The van der Waals surface area contributed by atoms with Crippen LogP contribution in [0.1, 0.15) is 11.4 Å². The van der Waals surface area contributed by atoms with Crippen LogP contribution in [0.3, 0.4) is 0 Å². The van der Waals surface area contributed by atoms with E-state index in [2.05, 4.69) is 4.98 Å². The molecule has 0 aromatic carbocycles. The molecule has 0 bridgehead atoms. The zero-order chi connectivity index (χ0) is 9.14. The lowest BCUT2D eigenvalue weighted by Crippen LogP contribution is -1.96. The van der Waals surface area contributed by atoms with Gasteiger partial charge in [0.25, 0.3) is 6.01 Å². The zero-order valence-corrected chi connectivity index (χ0v) is 6.70. The van der Waals surface area contributed by atoms with Crippen LogP contribution in [0.5, 0.6) is 6.01 Å². The van der Waals surface area contributed by atoms with Crippen LogP contribution in [0, 0.1) is 22.7 Å². The molecule has 0 atom stereocenters. The summed E-state index contributed by atoms with van der Waals surface area (Å²) in [5.74, 6) is 0. The average molecular weight is 162 g/mol. The highest BCUT2D eigenvalue weighted by atomic mass is 16.5. The quantitative estimate of drug-likeness (QED) is 0.590. The van der Waals surface area contributed by atoms with Crippen LogP contribution in [0.4, 0.5) is 0 Å². The summed E-state index contributed by atoms with van der Waals surface area (Å²) in [6, 6.07) is 3.94. The molecular weight excluding hydrogens is 156 g/mol. The van der Waals surface area contributed by atoms with Crippen LogP contribution in [0.15, 0.2) is 0 Å². The number of hydrogen-bond acceptors (Lipinski definition) is 4. The second-order valence-electron chi connectivity index (χ2n) is 2.08. The van der Waals surface area contributed by atoms with Gasteiger partial charge in [-0.05, 0) is 0 Å². The monoisotopic (exact) mass is 162 g/mol. The molecule has 0 unspecified atom stereocenters. The highest BCUT2D eigenvalue weighted by molar-refractivity contribution is 5.39. The lowest BCUT2D eigenvalue weighted by Gasteiger charge is -1.96. The van der Waals surface area contributed by atoms with Crippen molar-refractivity contribution in [3.05, 3.63) is 11.4 Å². The third-order valence-electron chi connectivity index (χ3n) is 1.45. The number of aromatic nitrogens is 2. The predicted octanol–water partition coefficient (Wildman–Crippen LogP) is 0.172. The number of ether oxygens (including phenoxy) is 1. The predicted molar refractivity (Wildman–Crippen MR) is 39.2 cm³/mol. The third-order valence-corrected chi connectivity index (χ3v) is 1.45. The maximum absolute atomic E-state index is 8.62. The number of imidazole rings is 1. The Balaban J connectivity index is 3.38. The smallest absolute Gasteiger partial charge is 0.298 e. The van der Waals surface area contributed by atoms with Gasteiger partial charge in [0, 0.05) is 7.05 Å². The van der Waals surface area contributed by atoms with Crippen molar-refractivity contribution in [2.75, 3.05) is 7.11 Å². The minimum atomic E-state index is 0.0943. The van der Waals surface area contributed by atoms with E-state index in [0.29, 0.717) is 0 Å². The second-order valence-corrected chi connectivity index (χ2v) is 2.08. The fourth-order valence-corrected chi connectivity index (χ4v) is 0.867. The molecule has 1 heterocycles. The maximum Gasteiger partial charge on any atom is 0.298 e. The van der Waals surface area contributed by atoms with Gasteiger partial charge in [-0.3, -0.25) is 4.57 Å². The molecule has 0 aliphatic carbocycles. The first-order valence-corrected chi connectivity index (χ1v) is 3.15. The van der Waals surface area contributed by atoms with Crippen molar-refractivity contribution in [1.82, 2.24) is 9.55 Å². The van der Waals surface area contributed by atoms with Gasteiger partial charge in [-0.2, -0.15) is 15.5 Å². The van der Waals surface area contributed by atoms with E-state index in [4.69, 9.17) is 15.3 Å². The minimum absolute atomic E-state index is 0.0943. The summed E-state index contributed by atoms with van der Waals surface area (Å²) in [5, 5.41) is 17.2. The topological polar surface area (TPSA) is 74.6 Å². The molecule has 0 aliphatic heterocycles. The highest BCUT2D eigenvalue weighted by Gasteiger charge is 2.13. The van der Waals surface area contributed by atoms with Gasteiger partial charge in [0.1, 0.15) is 12.1 Å². The molecule has 12 heavy (non-hydrogen) atoms. The Morgan fingerprint density at radius 2 is 2.08 bits per heavy atom. The second kappa shape index (κ2) is 2.93. The Morgan fingerprint density at radius 1 is 1.42 bits per heavy atom. The fourth-order valence-electron chi connectivity index (χ4n) is 0.867. The van der Waals surface area contributed by atoms with Crippen LogP contribution >= 0.6 is 0 Å². The van der Waals surface area contributed by atoms with E-state index in [1.807, 2.05) is 12.1 Å². The Bertz CT molecular complexity index is 379. The summed E-state index contributed by atoms with van der Waals surface area (Å²) in [4.78, 5) is 3.77. The molecule has 1 rings (SSSR count). The number of hydrogen-bond donors (Lipinski definition) is 0. The molecule has 5 heteroatoms. The number of nitrogens with zero attached hydrogens (tertiary/aromatic N) is 4. The van der Waals surface area contributed by atoms with E-state index >= 15 is 0 Å². The van der Waals surface area contributed by atoms with Gasteiger partial charge < -0.3 is 4.74 Å². The zero-order valence-electron chi connectivity index (χ0n) is 6.70. The number of rotatable bonds is 1. The lowest BCUT2D eigenvalue weighted by molar-refractivity contribution is 0.365. The summed E-state index contributed by atoms with van der Waals surface area (Å²) in [6.45, 7) is 0. The molecule has 1 aromatic rings. The van der Waals surface area contributed by atoms with Gasteiger partial charge in [-0.25, -0.2) is 0 Å². The van der Waals surface area contributed by atoms with Crippen LogP contribution in [-0.4, -0.2) is 16.7 Å². The number of methoxy groups -OCH3 is 1. The first-order valence-electron chi connectivity index (χ1n) is 3.15. The van der Waals surface area contributed by atoms with E-state index in [9.17, 15) is 0 Å². The summed E-state index contributed by atoms with van der Waals surface area (Å²) in [5.41, 5.74) is 0.311. The third kappa shape index (κ3) is 0.977. The van der Waals surface area contributed by atoms with Gasteiger partial charge >= 0.3 is 0 Å². The fraction of sp³-hybridized carbons (Fsp3) is 0.286. The van der Waals surface area contributed by atoms with Gasteiger partial charge in [0.05, 0.1) is 7.11 Å². The molecule has 0 saturated heterocycles. The minimum Gasteiger partial charge on any atom is -0.468 e. The van der Waals surface area contributed by atoms with E-state index in [1.54, 1.807) is 7.05 Å². The largest absolute Gasteiger partial charge is 0.468 e. The molecule has 0 saturated carbocycles. The molecule has 0 radical (unpaired) electrons.